The van der Waals surface area contributed by atoms with Crippen LogP contribution >= 0.6 is 8.20 Å². The zero-order chi connectivity index (χ0) is 15.1. The van der Waals surface area contributed by atoms with E-state index >= 15 is 0 Å². The molecular formula is C18H20NOP. The lowest BCUT2D eigenvalue weighted by molar-refractivity contribution is 0.619. The number of hydrogen-bond donors (Lipinski definition) is 0. The van der Waals surface area contributed by atoms with Crippen LogP contribution in [0.4, 0.5) is 5.69 Å². The van der Waals surface area contributed by atoms with Gasteiger partial charge in [0.25, 0.3) is 0 Å². The molecule has 0 radical (unpaired) electrons. The molecule has 0 unspecified atom stereocenters. The summed E-state index contributed by atoms with van der Waals surface area (Å²) >= 11 is 0. The Morgan fingerprint density at radius 2 is 1.71 bits per heavy atom. The van der Waals surface area contributed by atoms with E-state index in [1.54, 1.807) is 0 Å². The van der Waals surface area contributed by atoms with Crippen LogP contribution in [0.5, 0.6) is 0 Å². The van der Waals surface area contributed by atoms with Crippen molar-refractivity contribution < 1.29 is 4.42 Å². The topological polar surface area (TPSA) is 16.4 Å². The number of anilines is 1. The van der Waals surface area contributed by atoms with Gasteiger partial charge in [0.05, 0.1) is 0 Å². The second-order valence-corrected chi connectivity index (χ2v) is 6.65. The Hall–Kier alpha value is -1.79. The largest absolute Gasteiger partial charge is 0.456 e. The number of hydrogen-bond acceptors (Lipinski definition) is 2. The zero-order valence-corrected chi connectivity index (χ0v) is 14.1. The van der Waals surface area contributed by atoms with Crippen LogP contribution in [0.15, 0.2) is 34.7 Å². The third kappa shape index (κ3) is 2.45. The molecule has 3 heteroatoms. The van der Waals surface area contributed by atoms with Gasteiger partial charge in [0, 0.05) is 41.7 Å². The molecule has 0 aromatic heterocycles. The van der Waals surface area contributed by atoms with Crippen LogP contribution in [0.25, 0.3) is 22.3 Å². The molecular weight excluding hydrogens is 277 g/mol. The van der Waals surface area contributed by atoms with Crippen molar-refractivity contribution in [2.45, 2.75) is 13.8 Å². The maximum atomic E-state index is 6.16. The lowest BCUT2D eigenvalue weighted by Crippen LogP contribution is -2.10. The van der Waals surface area contributed by atoms with E-state index in [1.807, 2.05) is 0 Å². The number of nitrogens with zero attached hydrogens (tertiary/aromatic N) is 1. The predicted octanol–water partition coefficient (Wildman–Crippen LogP) is 5.33. The van der Waals surface area contributed by atoms with Gasteiger partial charge in [-0.15, -0.1) is 0 Å². The molecule has 1 aliphatic heterocycles. The van der Waals surface area contributed by atoms with Crippen molar-refractivity contribution in [2.75, 3.05) is 25.7 Å². The Bertz CT molecular complexity index is 861. The summed E-state index contributed by atoms with van der Waals surface area (Å²) in [5.41, 5.74) is 5.90. The summed E-state index contributed by atoms with van der Waals surface area (Å²) in [4.78, 5) is 3.45. The lowest BCUT2D eigenvalue weighted by atomic mass is 10.0. The van der Waals surface area contributed by atoms with Gasteiger partial charge in [-0.1, -0.05) is 8.20 Å². The lowest BCUT2D eigenvalue weighted by Gasteiger charge is -2.17. The molecule has 108 valence electrons. The molecule has 0 amide bonds. The predicted molar refractivity (Wildman–Crippen MR) is 92.7 cm³/mol. The van der Waals surface area contributed by atoms with Crippen molar-refractivity contribution in [3.8, 4) is 11.3 Å². The van der Waals surface area contributed by atoms with Crippen molar-refractivity contribution in [1.82, 2.24) is 0 Å². The fraction of sp³-hybridized carbons (Fsp3) is 0.278. The van der Waals surface area contributed by atoms with Crippen LogP contribution in [0.3, 0.4) is 0 Å². The first kappa shape index (κ1) is 14.2. The Balaban J connectivity index is 2.37. The monoisotopic (exact) mass is 297 g/mol. The van der Waals surface area contributed by atoms with Crippen LogP contribution in [0, 0.1) is 18.8 Å². The van der Waals surface area contributed by atoms with Crippen molar-refractivity contribution in [3.05, 3.63) is 46.4 Å². The zero-order valence-electron chi connectivity index (χ0n) is 13.2. The highest BCUT2D eigenvalue weighted by Gasteiger charge is 2.11. The highest BCUT2D eigenvalue weighted by Crippen LogP contribution is 2.33. The third-order valence-electron chi connectivity index (χ3n) is 3.91. The van der Waals surface area contributed by atoms with Crippen molar-refractivity contribution in [2.24, 2.45) is 0 Å². The molecule has 1 aliphatic carbocycles. The van der Waals surface area contributed by atoms with E-state index in [2.05, 4.69) is 69.8 Å². The summed E-state index contributed by atoms with van der Waals surface area (Å²) in [5, 5.41) is 1.16. The molecule has 0 bridgehead atoms. The van der Waals surface area contributed by atoms with Crippen LogP contribution in [0.2, 0.25) is 0 Å². The van der Waals surface area contributed by atoms with E-state index in [0.29, 0.717) is 0 Å². The Labute approximate surface area is 127 Å². The maximum Gasteiger partial charge on any atom is 0.136 e. The minimum absolute atomic E-state index is 0.944. The number of benzene rings is 2. The Morgan fingerprint density at radius 3 is 2.38 bits per heavy atom. The number of fused-ring (bicyclic) bond motifs is 2. The second kappa shape index (κ2) is 5.20. The van der Waals surface area contributed by atoms with E-state index in [4.69, 9.17) is 4.42 Å². The van der Waals surface area contributed by atoms with Gasteiger partial charge < -0.3 is 9.32 Å². The Morgan fingerprint density at radius 1 is 0.952 bits per heavy atom. The first-order valence-corrected chi connectivity index (χ1v) is 8.43. The molecule has 0 saturated heterocycles. The minimum Gasteiger partial charge on any atom is -0.456 e. The smallest absolute Gasteiger partial charge is 0.136 e. The van der Waals surface area contributed by atoms with Crippen molar-refractivity contribution >= 4 is 24.9 Å². The van der Waals surface area contributed by atoms with E-state index in [0.717, 1.165) is 16.7 Å². The maximum absolute atomic E-state index is 6.16. The quantitative estimate of drug-likeness (QED) is 0.446. The summed E-state index contributed by atoms with van der Waals surface area (Å²) in [7, 11) is 5.40. The normalized spacial score (nSPS) is 12.3. The fourth-order valence-electron chi connectivity index (χ4n) is 2.81. The van der Waals surface area contributed by atoms with E-state index in [1.165, 1.54) is 35.5 Å². The van der Waals surface area contributed by atoms with Crippen molar-refractivity contribution in [3.63, 3.8) is 0 Å². The third-order valence-corrected chi connectivity index (χ3v) is 4.87. The molecule has 0 atom stereocenters. The van der Waals surface area contributed by atoms with Gasteiger partial charge in [0.1, 0.15) is 11.3 Å². The molecule has 0 saturated carbocycles. The van der Waals surface area contributed by atoms with E-state index in [9.17, 15) is 0 Å². The second-order valence-electron chi connectivity index (χ2n) is 5.72. The standard InChI is InChI=1S/C18H20NOP/c1-11-6-13-8-14-7-12(2)18(21-5)10-17(14)20-16(13)9-15(11)19(3)4/h6-10H,1-5H3. The molecule has 3 rings (SSSR count). The molecule has 1 aromatic rings. The summed E-state index contributed by atoms with van der Waals surface area (Å²) in [6.45, 7) is 6.46. The van der Waals surface area contributed by atoms with Gasteiger partial charge >= 0.3 is 0 Å². The van der Waals surface area contributed by atoms with E-state index in [-0.39, 0.29) is 0 Å². The Kier molecular flexibility index (Phi) is 3.51. The minimum atomic E-state index is 0.944. The molecule has 2 aliphatic rings. The van der Waals surface area contributed by atoms with Gasteiger partial charge in [-0.2, -0.15) is 0 Å². The average molecular weight is 297 g/mol. The van der Waals surface area contributed by atoms with Gasteiger partial charge in [-0.3, -0.25) is 0 Å². The first-order chi connectivity index (χ1) is 9.99. The SMILES string of the molecule is CP=c1cc2oc3cc(N(C)C)c(C)cc3cc-2cc1C. The van der Waals surface area contributed by atoms with Crippen molar-refractivity contribution in [1.29, 1.82) is 0 Å². The average Bonchev–Trinajstić information content (AvgIpc) is 2.43. The van der Waals surface area contributed by atoms with Crippen LogP contribution in [-0.2, 0) is 0 Å². The summed E-state index contributed by atoms with van der Waals surface area (Å²) < 4.78 is 6.16. The molecule has 0 fully saturated rings. The summed E-state index contributed by atoms with van der Waals surface area (Å²) in [6, 6.07) is 11.0. The van der Waals surface area contributed by atoms with Gasteiger partial charge in [-0.05, 0) is 55.9 Å². The van der Waals surface area contributed by atoms with Crippen LogP contribution in [0.1, 0.15) is 11.1 Å². The summed E-state index contributed by atoms with van der Waals surface area (Å²) in [6.07, 6.45) is 0. The van der Waals surface area contributed by atoms with Crippen LogP contribution in [-0.4, -0.2) is 20.8 Å². The van der Waals surface area contributed by atoms with Gasteiger partial charge in [0.15, 0.2) is 0 Å². The van der Waals surface area contributed by atoms with E-state index < -0.39 is 0 Å². The fourth-order valence-corrected chi connectivity index (χ4v) is 3.47. The molecule has 21 heavy (non-hydrogen) atoms. The molecule has 1 aromatic carbocycles. The number of aryl methyl sites for hydroxylation is 2. The first-order valence-electron chi connectivity index (χ1n) is 7.08. The van der Waals surface area contributed by atoms with Crippen LogP contribution < -0.4 is 4.90 Å². The molecule has 0 N–H and O–H groups in total. The number of rotatable bonds is 1. The van der Waals surface area contributed by atoms with Gasteiger partial charge in [0.2, 0.25) is 0 Å². The molecule has 0 spiro atoms. The molecule has 1 heterocycles. The summed E-state index contributed by atoms with van der Waals surface area (Å²) in [5.74, 6) is 0.964. The highest BCUT2D eigenvalue weighted by molar-refractivity contribution is 7.28. The highest BCUT2D eigenvalue weighted by atomic mass is 31.1. The van der Waals surface area contributed by atoms with Gasteiger partial charge in [-0.25, -0.2) is 0 Å². The molecule has 2 nitrogen and oxygen atoms in total.